The number of carbonyl (C=O) groups is 1. The standard InChI is InChI=1S/C24H30ClN3O/c1-17(21-9-6-10-23(25)26-21)22(16-28-11-4-5-12-28)27-24(29)15-18-13-19-7-2-3-8-20(19)14-18/h2-3,6-10,17-18,22H,4-5,11-16H2,1H3,(H,27,29)/t17-,22-/m1/s1. The van der Waals surface area contributed by atoms with Gasteiger partial charge in [-0.15, -0.1) is 0 Å². The van der Waals surface area contributed by atoms with Crippen molar-refractivity contribution in [3.05, 3.63) is 64.4 Å². The van der Waals surface area contributed by atoms with Gasteiger partial charge in [0, 0.05) is 30.6 Å². The summed E-state index contributed by atoms with van der Waals surface area (Å²) in [7, 11) is 0. The van der Waals surface area contributed by atoms with Crippen LogP contribution >= 0.6 is 11.6 Å². The van der Waals surface area contributed by atoms with Crippen molar-refractivity contribution in [3.8, 4) is 0 Å². The predicted octanol–water partition coefficient (Wildman–Crippen LogP) is 4.22. The normalized spacial score (nSPS) is 19.1. The van der Waals surface area contributed by atoms with Gasteiger partial charge in [0.1, 0.15) is 5.15 Å². The number of hydrogen-bond acceptors (Lipinski definition) is 3. The Morgan fingerprint density at radius 1 is 1.14 bits per heavy atom. The van der Waals surface area contributed by atoms with Crippen molar-refractivity contribution < 1.29 is 4.79 Å². The third-order valence-electron chi connectivity index (χ3n) is 6.42. The Labute approximate surface area is 178 Å². The van der Waals surface area contributed by atoms with Crippen LogP contribution in [-0.2, 0) is 17.6 Å². The maximum atomic E-state index is 13.0. The van der Waals surface area contributed by atoms with Crippen LogP contribution in [0.2, 0.25) is 5.15 Å². The van der Waals surface area contributed by atoms with E-state index in [0.717, 1.165) is 38.2 Å². The van der Waals surface area contributed by atoms with E-state index in [-0.39, 0.29) is 17.9 Å². The van der Waals surface area contributed by atoms with Crippen molar-refractivity contribution >= 4 is 17.5 Å². The summed E-state index contributed by atoms with van der Waals surface area (Å²) in [6.07, 6.45) is 5.08. The monoisotopic (exact) mass is 411 g/mol. The fourth-order valence-electron chi connectivity index (χ4n) is 4.78. The molecule has 0 bridgehead atoms. The van der Waals surface area contributed by atoms with E-state index in [1.165, 1.54) is 24.0 Å². The zero-order valence-corrected chi connectivity index (χ0v) is 17.9. The zero-order valence-electron chi connectivity index (χ0n) is 17.1. The summed E-state index contributed by atoms with van der Waals surface area (Å²) < 4.78 is 0. The van der Waals surface area contributed by atoms with Crippen LogP contribution in [0.1, 0.15) is 48.9 Å². The molecule has 0 spiro atoms. The Bertz CT molecular complexity index is 825. The number of hydrogen-bond donors (Lipinski definition) is 1. The van der Waals surface area contributed by atoms with Gasteiger partial charge < -0.3 is 10.2 Å². The van der Waals surface area contributed by atoms with Crippen molar-refractivity contribution in [1.29, 1.82) is 0 Å². The molecule has 1 aliphatic carbocycles. The summed E-state index contributed by atoms with van der Waals surface area (Å²) in [6.45, 7) is 5.23. The van der Waals surface area contributed by atoms with Crippen LogP contribution in [0.5, 0.6) is 0 Å². The van der Waals surface area contributed by atoms with Gasteiger partial charge in [0.05, 0.1) is 0 Å². The molecule has 29 heavy (non-hydrogen) atoms. The molecule has 1 aromatic heterocycles. The highest BCUT2D eigenvalue weighted by molar-refractivity contribution is 6.29. The molecule has 5 heteroatoms. The first-order valence-electron chi connectivity index (χ1n) is 10.8. The Hall–Kier alpha value is -1.91. The van der Waals surface area contributed by atoms with Crippen LogP contribution in [0.3, 0.4) is 0 Å². The van der Waals surface area contributed by atoms with Crippen LogP contribution in [0.25, 0.3) is 0 Å². The molecule has 154 valence electrons. The molecule has 1 amide bonds. The van der Waals surface area contributed by atoms with Gasteiger partial charge in [-0.1, -0.05) is 48.9 Å². The number of nitrogens with one attached hydrogen (secondary N) is 1. The highest BCUT2D eigenvalue weighted by atomic mass is 35.5. The number of likely N-dealkylation sites (tertiary alicyclic amines) is 1. The number of halogens is 1. The second-order valence-electron chi connectivity index (χ2n) is 8.60. The van der Waals surface area contributed by atoms with E-state index in [0.29, 0.717) is 17.5 Å². The fraction of sp³-hybridized carbons (Fsp3) is 0.500. The lowest BCUT2D eigenvalue weighted by Crippen LogP contribution is -2.46. The average molecular weight is 412 g/mol. The van der Waals surface area contributed by atoms with E-state index >= 15 is 0 Å². The molecule has 1 fully saturated rings. The second-order valence-corrected chi connectivity index (χ2v) is 8.99. The van der Waals surface area contributed by atoms with Crippen molar-refractivity contribution in [2.45, 2.75) is 51.0 Å². The van der Waals surface area contributed by atoms with Crippen LogP contribution in [0, 0.1) is 5.92 Å². The van der Waals surface area contributed by atoms with Gasteiger partial charge in [0.2, 0.25) is 5.91 Å². The van der Waals surface area contributed by atoms with E-state index in [2.05, 4.69) is 46.4 Å². The van der Waals surface area contributed by atoms with Crippen molar-refractivity contribution in [2.75, 3.05) is 19.6 Å². The largest absolute Gasteiger partial charge is 0.351 e. The summed E-state index contributed by atoms with van der Waals surface area (Å²) in [5.74, 6) is 0.666. The van der Waals surface area contributed by atoms with Gasteiger partial charge in [-0.25, -0.2) is 4.98 Å². The Morgan fingerprint density at radius 2 is 1.83 bits per heavy atom. The molecule has 1 saturated heterocycles. The number of amides is 1. The van der Waals surface area contributed by atoms with Crippen molar-refractivity contribution in [1.82, 2.24) is 15.2 Å². The minimum atomic E-state index is 0.0374. The van der Waals surface area contributed by atoms with Gasteiger partial charge in [-0.2, -0.15) is 0 Å². The molecule has 4 rings (SSSR count). The SMILES string of the molecule is C[C@H](c1cccc(Cl)n1)[C@@H](CN1CCCC1)NC(=O)CC1Cc2ccccc2C1. The van der Waals surface area contributed by atoms with E-state index < -0.39 is 0 Å². The van der Waals surface area contributed by atoms with E-state index in [1.807, 2.05) is 12.1 Å². The van der Waals surface area contributed by atoms with Crippen LogP contribution in [-0.4, -0.2) is 41.5 Å². The maximum Gasteiger partial charge on any atom is 0.220 e. The number of pyridine rings is 1. The summed E-state index contributed by atoms with van der Waals surface area (Å²) in [5.41, 5.74) is 3.74. The lowest BCUT2D eigenvalue weighted by Gasteiger charge is -2.29. The molecule has 2 heterocycles. The second kappa shape index (κ2) is 9.27. The molecular formula is C24H30ClN3O. The number of fused-ring (bicyclic) bond motifs is 1. The first kappa shape index (κ1) is 20.4. The fourth-order valence-corrected chi connectivity index (χ4v) is 4.95. The molecule has 4 nitrogen and oxygen atoms in total. The average Bonchev–Trinajstić information content (AvgIpc) is 3.35. The van der Waals surface area contributed by atoms with Crippen LogP contribution in [0.4, 0.5) is 0 Å². The number of aromatic nitrogens is 1. The molecule has 2 aliphatic rings. The van der Waals surface area contributed by atoms with Gasteiger partial charge >= 0.3 is 0 Å². The summed E-state index contributed by atoms with van der Waals surface area (Å²) in [4.78, 5) is 19.9. The minimum Gasteiger partial charge on any atom is -0.351 e. The lowest BCUT2D eigenvalue weighted by molar-refractivity contribution is -0.122. The highest BCUT2D eigenvalue weighted by Gasteiger charge is 2.28. The number of carbonyl (C=O) groups excluding carboxylic acids is 1. The third kappa shape index (κ3) is 5.18. The smallest absolute Gasteiger partial charge is 0.220 e. The van der Waals surface area contributed by atoms with E-state index in [4.69, 9.17) is 11.6 Å². The lowest BCUT2D eigenvalue weighted by atomic mass is 9.95. The van der Waals surface area contributed by atoms with Gasteiger partial charge in [0.25, 0.3) is 0 Å². The number of rotatable bonds is 7. The molecule has 2 aromatic rings. The van der Waals surface area contributed by atoms with E-state index in [9.17, 15) is 4.79 Å². The highest BCUT2D eigenvalue weighted by Crippen LogP contribution is 2.29. The Morgan fingerprint density at radius 3 is 2.48 bits per heavy atom. The Balaban J connectivity index is 1.41. The molecule has 0 saturated carbocycles. The van der Waals surface area contributed by atoms with Crippen LogP contribution < -0.4 is 5.32 Å². The molecule has 1 aliphatic heterocycles. The van der Waals surface area contributed by atoms with Crippen molar-refractivity contribution in [3.63, 3.8) is 0 Å². The first-order chi connectivity index (χ1) is 14.1. The number of benzene rings is 1. The predicted molar refractivity (Wildman–Crippen MR) is 117 cm³/mol. The minimum absolute atomic E-state index is 0.0374. The summed E-state index contributed by atoms with van der Waals surface area (Å²) >= 11 is 6.12. The summed E-state index contributed by atoms with van der Waals surface area (Å²) in [6, 6.07) is 14.3. The van der Waals surface area contributed by atoms with Gasteiger partial charge in [-0.3, -0.25) is 4.79 Å². The van der Waals surface area contributed by atoms with E-state index in [1.54, 1.807) is 6.07 Å². The zero-order chi connectivity index (χ0) is 20.2. The van der Waals surface area contributed by atoms with Gasteiger partial charge in [0.15, 0.2) is 0 Å². The molecule has 1 aromatic carbocycles. The Kier molecular flexibility index (Phi) is 6.51. The molecule has 0 unspecified atom stereocenters. The first-order valence-corrected chi connectivity index (χ1v) is 11.2. The topological polar surface area (TPSA) is 45.2 Å². The quantitative estimate of drug-likeness (QED) is 0.693. The van der Waals surface area contributed by atoms with Crippen LogP contribution in [0.15, 0.2) is 42.5 Å². The molecular weight excluding hydrogens is 382 g/mol. The number of nitrogens with zero attached hydrogens (tertiary/aromatic N) is 2. The molecule has 2 atom stereocenters. The molecule has 0 radical (unpaired) electrons. The third-order valence-corrected chi connectivity index (χ3v) is 6.63. The maximum absolute atomic E-state index is 13.0. The summed E-state index contributed by atoms with van der Waals surface area (Å²) in [5, 5.41) is 3.86. The van der Waals surface area contributed by atoms with Crippen molar-refractivity contribution in [2.24, 2.45) is 5.92 Å². The van der Waals surface area contributed by atoms with Gasteiger partial charge in [-0.05, 0) is 68.0 Å². The molecule has 1 N–H and O–H groups in total.